The number of aliphatic hydroxyl groups excluding tert-OH is 1. The SMILES string of the molecule is CN(C)C(=O)C=C1CN2CCCC2(CO)C1. The Morgan fingerprint density at radius 3 is 2.94 bits per heavy atom. The number of aliphatic hydroxyl groups is 1. The first-order valence-electron chi connectivity index (χ1n) is 5.84. The van der Waals surface area contributed by atoms with Gasteiger partial charge in [-0.3, -0.25) is 9.69 Å². The maximum Gasteiger partial charge on any atom is 0.246 e. The van der Waals surface area contributed by atoms with Crippen molar-refractivity contribution in [1.29, 1.82) is 0 Å². The summed E-state index contributed by atoms with van der Waals surface area (Å²) in [7, 11) is 3.52. The van der Waals surface area contributed by atoms with Crippen molar-refractivity contribution in [2.75, 3.05) is 33.8 Å². The Balaban J connectivity index is 2.10. The van der Waals surface area contributed by atoms with E-state index >= 15 is 0 Å². The van der Waals surface area contributed by atoms with Crippen LogP contribution in [0.2, 0.25) is 0 Å². The molecule has 0 aromatic heterocycles. The largest absolute Gasteiger partial charge is 0.394 e. The molecule has 4 heteroatoms. The first kappa shape index (κ1) is 11.6. The molecule has 1 unspecified atom stereocenters. The summed E-state index contributed by atoms with van der Waals surface area (Å²) in [5.41, 5.74) is 1.10. The van der Waals surface area contributed by atoms with Gasteiger partial charge in [0.15, 0.2) is 0 Å². The molecule has 0 radical (unpaired) electrons. The second-order valence-corrected chi connectivity index (χ2v) is 5.12. The normalized spacial score (nSPS) is 32.1. The van der Waals surface area contributed by atoms with E-state index in [0.29, 0.717) is 0 Å². The van der Waals surface area contributed by atoms with Crippen LogP contribution in [0.5, 0.6) is 0 Å². The number of nitrogens with zero attached hydrogens (tertiary/aromatic N) is 2. The van der Waals surface area contributed by atoms with Crippen molar-refractivity contribution in [2.45, 2.75) is 24.8 Å². The van der Waals surface area contributed by atoms with Crippen molar-refractivity contribution in [3.63, 3.8) is 0 Å². The highest BCUT2D eigenvalue weighted by molar-refractivity contribution is 5.88. The van der Waals surface area contributed by atoms with Crippen LogP contribution in [-0.2, 0) is 4.79 Å². The Hall–Kier alpha value is -0.870. The summed E-state index contributed by atoms with van der Waals surface area (Å²) in [4.78, 5) is 15.5. The smallest absolute Gasteiger partial charge is 0.246 e. The lowest BCUT2D eigenvalue weighted by Gasteiger charge is -2.28. The van der Waals surface area contributed by atoms with Crippen molar-refractivity contribution >= 4 is 5.91 Å². The van der Waals surface area contributed by atoms with Crippen LogP contribution in [0.3, 0.4) is 0 Å². The minimum Gasteiger partial charge on any atom is -0.394 e. The van der Waals surface area contributed by atoms with E-state index in [4.69, 9.17) is 0 Å². The Morgan fingerprint density at radius 2 is 2.38 bits per heavy atom. The van der Waals surface area contributed by atoms with Gasteiger partial charge in [0, 0.05) is 32.3 Å². The third kappa shape index (κ3) is 1.87. The molecule has 4 nitrogen and oxygen atoms in total. The Bertz CT molecular complexity index is 325. The topological polar surface area (TPSA) is 43.8 Å². The van der Waals surface area contributed by atoms with Gasteiger partial charge in [0.25, 0.3) is 0 Å². The third-order valence-electron chi connectivity index (χ3n) is 3.75. The van der Waals surface area contributed by atoms with Gasteiger partial charge < -0.3 is 10.0 Å². The standard InChI is InChI=1S/C12H20N2O2/c1-13(2)11(16)6-10-7-12(9-15)4-3-5-14(12)8-10/h6,15H,3-5,7-9H2,1-2H3. The predicted molar refractivity (Wildman–Crippen MR) is 62.0 cm³/mol. The van der Waals surface area contributed by atoms with E-state index in [-0.39, 0.29) is 18.1 Å². The molecule has 16 heavy (non-hydrogen) atoms. The Labute approximate surface area is 96.5 Å². The van der Waals surface area contributed by atoms with E-state index in [1.165, 1.54) is 0 Å². The quantitative estimate of drug-likeness (QED) is 0.683. The molecule has 0 bridgehead atoms. The van der Waals surface area contributed by atoms with Crippen molar-refractivity contribution < 1.29 is 9.90 Å². The summed E-state index contributed by atoms with van der Waals surface area (Å²) in [6.07, 6.45) is 4.80. The number of carbonyl (C=O) groups is 1. The van der Waals surface area contributed by atoms with Gasteiger partial charge in [-0.05, 0) is 31.4 Å². The van der Waals surface area contributed by atoms with Gasteiger partial charge in [-0.25, -0.2) is 0 Å². The van der Waals surface area contributed by atoms with Gasteiger partial charge in [-0.1, -0.05) is 0 Å². The monoisotopic (exact) mass is 224 g/mol. The van der Waals surface area contributed by atoms with E-state index in [1.54, 1.807) is 25.1 Å². The highest BCUT2D eigenvalue weighted by Crippen LogP contribution is 2.40. The summed E-state index contributed by atoms with van der Waals surface area (Å²) in [6, 6.07) is 0. The van der Waals surface area contributed by atoms with Gasteiger partial charge in [-0.2, -0.15) is 0 Å². The van der Waals surface area contributed by atoms with Crippen LogP contribution < -0.4 is 0 Å². The minimum absolute atomic E-state index is 0.0456. The second-order valence-electron chi connectivity index (χ2n) is 5.12. The molecule has 2 aliphatic rings. The molecule has 0 spiro atoms. The molecule has 2 fully saturated rings. The summed E-state index contributed by atoms with van der Waals surface area (Å²) >= 11 is 0. The van der Waals surface area contributed by atoms with Crippen molar-refractivity contribution in [1.82, 2.24) is 9.80 Å². The zero-order valence-electron chi connectivity index (χ0n) is 10.1. The van der Waals surface area contributed by atoms with Crippen LogP contribution in [-0.4, -0.2) is 60.1 Å². The highest BCUT2D eigenvalue weighted by atomic mass is 16.3. The maximum absolute atomic E-state index is 11.6. The lowest BCUT2D eigenvalue weighted by Crippen LogP contribution is -2.41. The molecular weight excluding hydrogens is 204 g/mol. The number of carbonyl (C=O) groups excluding carboxylic acids is 1. The molecule has 0 saturated carbocycles. The average Bonchev–Trinajstić information content (AvgIpc) is 2.73. The summed E-state index contributed by atoms with van der Waals surface area (Å²) in [5.74, 6) is 0.0456. The highest BCUT2D eigenvalue weighted by Gasteiger charge is 2.45. The number of likely N-dealkylation sites (N-methyl/N-ethyl adjacent to an activating group) is 1. The van der Waals surface area contributed by atoms with E-state index in [1.807, 2.05) is 0 Å². The molecule has 0 aromatic rings. The first-order chi connectivity index (χ1) is 7.57. The molecule has 0 aliphatic carbocycles. The zero-order valence-corrected chi connectivity index (χ0v) is 10.1. The van der Waals surface area contributed by atoms with E-state index in [0.717, 1.165) is 37.9 Å². The number of hydrogen-bond acceptors (Lipinski definition) is 3. The van der Waals surface area contributed by atoms with Crippen molar-refractivity contribution in [3.05, 3.63) is 11.6 Å². The molecular formula is C12H20N2O2. The number of rotatable bonds is 2. The van der Waals surface area contributed by atoms with Crippen molar-refractivity contribution in [2.24, 2.45) is 0 Å². The summed E-state index contributed by atoms with van der Waals surface area (Å²) < 4.78 is 0. The molecule has 1 atom stereocenters. The lowest BCUT2D eigenvalue weighted by atomic mass is 9.93. The van der Waals surface area contributed by atoms with E-state index in [2.05, 4.69) is 4.90 Å². The lowest BCUT2D eigenvalue weighted by molar-refractivity contribution is -0.123. The van der Waals surface area contributed by atoms with Crippen LogP contribution in [0.1, 0.15) is 19.3 Å². The predicted octanol–water partition coefficient (Wildman–Crippen LogP) is 0.232. The number of fused-ring (bicyclic) bond motifs is 1. The fourth-order valence-electron chi connectivity index (χ4n) is 2.80. The van der Waals surface area contributed by atoms with Gasteiger partial charge >= 0.3 is 0 Å². The molecule has 2 aliphatic heterocycles. The Morgan fingerprint density at radius 1 is 1.62 bits per heavy atom. The summed E-state index contributed by atoms with van der Waals surface area (Å²) in [6.45, 7) is 2.11. The maximum atomic E-state index is 11.6. The van der Waals surface area contributed by atoms with Crippen LogP contribution in [0.4, 0.5) is 0 Å². The number of hydrogen-bond donors (Lipinski definition) is 1. The minimum atomic E-state index is -0.0571. The van der Waals surface area contributed by atoms with Gasteiger partial charge in [0.2, 0.25) is 5.91 Å². The van der Waals surface area contributed by atoms with Gasteiger partial charge in [0.1, 0.15) is 0 Å². The second kappa shape index (κ2) is 4.18. The number of amides is 1. The molecule has 0 aromatic carbocycles. The molecule has 90 valence electrons. The van der Waals surface area contributed by atoms with Crippen LogP contribution >= 0.6 is 0 Å². The van der Waals surface area contributed by atoms with Gasteiger partial charge in [0.05, 0.1) is 6.61 Å². The molecule has 2 rings (SSSR count). The zero-order chi connectivity index (χ0) is 11.8. The molecule has 2 saturated heterocycles. The molecule has 1 amide bonds. The van der Waals surface area contributed by atoms with Crippen LogP contribution in [0.15, 0.2) is 11.6 Å². The molecule has 2 heterocycles. The van der Waals surface area contributed by atoms with Crippen LogP contribution in [0, 0.1) is 0 Å². The van der Waals surface area contributed by atoms with Crippen LogP contribution in [0.25, 0.3) is 0 Å². The molecule has 1 N–H and O–H groups in total. The summed E-state index contributed by atoms with van der Waals surface area (Å²) in [5, 5.41) is 9.52. The third-order valence-corrected chi connectivity index (χ3v) is 3.75. The fourth-order valence-corrected chi connectivity index (χ4v) is 2.80. The Kier molecular flexibility index (Phi) is 3.04. The van der Waals surface area contributed by atoms with Crippen molar-refractivity contribution in [3.8, 4) is 0 Å². The van der Waals surface area contributed by atoms with Gasteiger partial charge in [-0.15, -0.1) is 0 Å². The van der Waals surface area contributed by atoms with E-state index in [9.17, 15) is 9.90 Å². The first-order valence-corrected chi connectivity index (χ1v) is 5.84. The average molecular weight is 224 g/mol. The van der Waals surface area contributed by atoms with E-state index < -0.39 is 0 Å². The fraction of sp³-hybridized carbons (Fsp3) is 0.750.